The van der Waals surface area contributed by atoms with Gasteiger partial charge < -0.3 is 14.7 Å². The van der Waals surface area contributed by atoms with Gasteiger partial charge in [0, 0.05) is 24.9 Å². The lowest BCUT2D eigenvalue weighted by Crippen LogP contribution is -2.12. The summed E-state index contributed by atoms with van der Waals surface area (Å²) < 4.78 is 43.0. The number of carbonyl (C=O) groups is 1. The van der Waals surface area contributed by atoms with Gasteiger partial charge in [-0.3, -0.25) is 4.79 Å². The van der Waals surface area contributed by atoms with Gasteiger partial charge in [0.2, 0.25) is 11.7 Å². The van der Waals surface area contributed by atoms with Gasteiger partial charge in [-0.15, -0.1) is 10.2 Å². The Labute approximate surface area is 179 Å². The summed E-state index contributed by atoms with van der Waals surface area (Å²) in [7, 11) is 0. The molecule has 0 radical (unpaired) electrons. The number of tetrazole rings is 1. The largest absolute Gasteiger partial charge is 0.480 e. The molecular weight excluding hydrogens is 433 g/mol. The second-order valence-corrected chi connectivity index (χ2v) is 6.38. The summed E-state index contributed by atoms with van der Waals surface area (Å²) in [5.41, 5.74) is 0.672. The van der Waals surface area contributed by atoms with Crippen molar-refractivity contribution in [3.8, 4) is 5.88 Å². The van der Waals surface area contributed by atoms with Crippen LogP contribution in [0.5, 0.6) is 5.88 Å². The lowest BCUT2D eigenvalue weighted by molar-refractivity contribution is -0.138. The Kier molecular flexibility index (Phi) is 7.31. The van der Waals surface area contributed by atoms with Crippen molar-refractivity contribution in [2.75, 3.05) is 0 Å². The van der Waals surface area contributed by atoms with E-state index >= 15 is 0 Å². The third-order valence-corrected chi connectivity index (χ3v) is 3.91. The number of carboxylic acid groups (broad SMARTS) is 1. The van der Waals surface area contributed by atoms with Crippen molar-refractivity contribution in [1.82, 2.24) is 25.2 Å². The van der Waals surface area contributed by atoms with E-state index in [0.29, 0.717) is 17.9 Å². The highest BCUT2D eigenvalue weighted by Crippen LogP contribution is 2.29. The van der Waals surface area contributed by atoms with Crippen molar-refractivity contribution in [1.29, 1.82) is 0 Å². The Morgan fingerprint density at radius 3 is 2.53 bits per heavy atom. The van der Waals surface area contributed by atoms with Crippen LogP contribution in [-0.2, 0) is 42.0 Å². The topological polar surface area (TPSA) is 125 Å². The monoisotopic (exact) mass is 450 g/mol. The molecule has 32 heavy (non-hydrogen) atoms. The first-order chi connectivity index (χ1) is 15.3. The number of aromatic nitrogens is 5. The molecule has 0 atom stereocenters. The van der Waals surface area contributed by atoms with Crippen molar-refractivity contribution in [2.24, 2.45) is 5.16 Å². The molecule has 0 fully saturated rings. The Morgan fingerprint density at radius 2 is 1.88 bits per heavy atom. The van der Waals surface area contributed by atoms with E-state index in [4.69, 9.17) is 14.7 Å². The number of rotatable bonds is 10. The maximum atomic E-state index is 12.5. The normalized spacial score (nSPS) is 11.6. The molecule has 0 aliphatic rings. The van der Waals surface area contributed by atoms with E-state index in [9.17, 15) is 18.0 Å². The van der Waals surface area contributed by atoms with E-state index in [0.717, 1.165) is 22.5 Å². The SMILES string of the molecule is O=C(O)Cn1nnc(COc2ccc(CC=NOCc3ccc(C(F)(F)F)cc3)cn2)n1. The smallest absolute Gasteiger partial charge is 0.416 e. The number of pyridine rings is 1. The lowest BCUT2D eigenvalue weighted by atomic mass is 10.1. The quantitative estimate of drug-likeness (QED) is 0.369. The standard InChI is InChI=1S/C19H17F3N6O4/c20-19(21,22)15-4-1-14(2-5-15)11-32-24-8-7-13-3-6-17(23-9-13)31-12-16-25-27-28(26-16)10-18(29)30/h1-6,8-9H,7,10-12H2,(H,29,30). The van der Waals surface area contributed by atoms with Gasteiger partial charge in [0.1, 0.15) is 6.61 Å². The molecule has 0 amide bonds. The number of alkyl halides is 3. The molecule has 0 spiro atoms. The Morgan fingerprint density at radius 1 is 1.12 bits per heavy atom. The summed E-state index contributed by atoms with van der Waals surface area (Å²) in [6.45, 7) is -0.369. The van der Waals surface area contributed by atoms with Crippen LogP contribution in [0.1, 0.15) is 22.5 Å². The van der Waals surface area contributed by atoms with Crippen molar-refractivity contribution >= 4 is 12.2 Å². The van der Waals surface area contributed by atoms with E-state index in [1.165, 1.54) is 18.3 Å². The van der Waals surface area contributed by atoms with E-state index in [2.05, 4.69) is 25.6 Å². The van der Waals surface area contributed by atoms with E-state index in [1.807, 2.05) is 0 Å². The molecule has 0 saturated carbocycles. The number of ether oxygens (including phenoxy) is 1. The maximum absolute atomic E-state index is 12.5. The Hall–Kier alpha value is -4.03. The lowest BCUT2D eigenvalue weighted by Gasteiger charge is -2.07. The minimum atomic E-state index is -4.37. The van der Waals surface area contributed by atoms with Crippen molar-refractivity contribution in [3.05, 3.63) is 65.1 Å². The minimum absolute atomic E-state index is 0.0226. The molecule has 0 aliphatic heterocycles. The van der Waals surface area contributed by atoms with Gasteiger partial charge in [-0.2, -0.15) is 18.0 Å². The van der Waals surface area contributed by atoms with E-state index < -0.39 is 24.3 Å². The van der Waals surface area contributed by atoms with Gasteiger partial charge in [0.15, 0.2) is 13.2 Å². The third-order valence-electron chi connectivity index (χ3n) is 3.91. The predicted octanol–water partition coefficient (Wildman–Crippen LogP) is 2.50. The number of hydrogen-bond acceptors (Lipinski definition) is 8. The van der Waals surface area contributed by atoms with Crippen LogP contribution in [0, 0.1) is 0 Å². The molecular formula is C19H17F3N6O4. The molecule has 0 bridgehead atoms. The maximum Gasteiger partial charge on any atom is 0.416 e. The molecule has 0 saturated heterocycles. The van der Waals surface area contributed by atoms with Crippen LogP contribution in [0.25, 0.3) is 0 Å². The molecule has 0 unspecified atom stereocenters. The first-order valence-electron chi connectivity index (χ1n) is 9.16. The summed E-state index contributed by atoms with van der Waals surface area (Å²) in [5.74, 6) is -0.547. The van der Waals surface area contributed by atoms with Gasteiger partial charge >= 0.3 is 12.1 Å². The predicted molar refractivity (Wildman–Crippen MR) is 102 cm³/mol. The number of halogens is 3. The van der Waals surface area contributed by atoms with Crippen LogP contribution in [0.4, 0.5) is 13.2 Å². The average molecular weight is 450 g/mol. The average Bonchev–Trinajstić information content (AvgIpc) is 3.19. The number of nitrogens with zero attached hydrogens (tertiary/aromatic N) is 6. The van der Waals surface area contributed by atoms with Crippen LogP contribution in [-0.4, -0.2) is 42.5 Å². The molecule has 2 heterocycles. The number of hydrogen-bond donors (Lipinski definition) is 1. The zero-order valence-corrected chi connectivity index (χ0v) is 16.4. The highest BCUT2D eigenvalue weighted by molar-refractivity contribution is 5.66. The molecule has 3 rings (SSSR count). The molecule has 1 N–H and O–H groups in total. The molecule has 3 aromatic rings. The minimum Gasteiger partial charge on any atom is -0.480 e. The molecule has 168 valence electrons. The second-order valence-electron chi connectivity index (χ2n) is 6.38. The van der Waals surface area contributed by atoms with Gasteiger partial charge in [0.05, 0.1) is 5.56 Å². The molecule has 10 nitrogen and oxygen atoms in total. The van der Waals surface area contributed by atoms with Crippen LogP contribution in [0.15, 0.2) is 47.8 Å². The van der Waals surface area contributed by atoms with Crippen LogP contribution < -0.4 is 4.74 Å². The number of carboxylic acids is 1. The van der Waals surface area contributed by atoms with Crippen molar-refractivity contribution in [2.45, 2.75) is 32.4 Å². The van der Waals surface area contributed by atoms with Crippen LogP contribution in [0.2, 0.25) is 0 Å². The van der Waals surface area contributed by atoms with E-state index in [-0.39, 0.29) is 19.0 Å². The molecule has 0 aliphatic carbocycles. The summed E-state index contributed by atoms with van der Waals surface area (Å²) in [6.07, 6.45) is -0.866. The Bertz CT molecular complexity index is 1050. The number of benzene rings is 1. The zero-order chi connectivity index (χ0) is 23.0. The summed E-state index contributed by atoms with van der Waals surface area (Å²) in [4.78, 5) is 20.7. The van der Waals surface area contributed by atoms with E-state index in [1.54, 1.807) is 18.3 Å². The summed E-state index contributed by atoms with van der Waals surface area (Å²) >= 11 is 0. The fourth-order valence-corrected chi connectivity index (χ4v) is 2.37. The van der Waals surface area contributed by atoms with Crippen LogP contribution in [0.3, 0.4) is 0 Å². The van der Waals surface area contributed by atoms with Crippen LogP contribution >= 0.6 is 0 Å². The first-order valence-corrected chi connectivity index (χ1v) is 9.16. The van der Waals surface area contributed by atoms with Crippen molar-refractivity contribution in [3.63, 3.8) is 0 Å². The molecule has 2 aromatic heterocycles. The summed E-state index contributed by atoms with van der Waals surface area (Å²) in [6, 6.07) is 8.05. The van der Waals surface area contributed by atoms with Gasteiger partial charge in [-0.25, -0.2) is 4.98 Å². The zero-order valence-electron chi connectivity index (χ0n) is 16.4. The number of aliphatic carboxylic acids is 1. The molecule has 1 aromatic carbocycles. The first kappa shape index (κ1) is 22.7. The van der Waals surface area contributed by atoms with Gasteiger partial charge in [-0.1, -0.05) is 23.4 Å². The van der Waals surface area contributed by atoms with Gasteiger partial charge in [-0.05, 0) is 28.5 Å². The fraction of sp³-hybridized carbons (Fsp3) is 0.263. The highest BCUT2D eigenvalue weighted by atomic mass is 19.4. The van der Waals surface area contributed by atoms with Crippen molar-refractivity contribution < 1.29 is 32.6 Å². The summed E-state index contributed by atoms with van der Waals surface area (Å²) in [5, 5.41) is 23.6. The highest BCUT2D eigenvalue weighted by Gasteiger charge is 2.29. The third kappa shape index (κ3) is 7.04. The second kappa shape index (κ2) is 10.3. The fourth-order valence-electron chi connectivity index (χ4n) is 2.37. The number of oxime groups is 1. The Balaban J connectivity index is 1.39. The molecule has 13 heteroatoms. The van der Waals surface area contributed by atoms with Gasteiger partial charge in [0.25, 0.3) is 0 Å².